The molecular weight excluding hydrogens is 442 g/mol. The van der Waals surface area contributed by atoms with Crippen LogP contribution in [0.15, 0.2) is 56.7 Å². The summed E-state index contributed by atoms with van der Waals surface area (Å²) in [6, 6.07) is 12.2. The summed E-state index contributed by atoms with van der Waals surface area (Å²) >= 11 is 3.31. The van der Waals surface area contributed by atoms with Crippen molar-refractivity contribution < 1.29 is 14.5 Å². The summed E-state index contributed by atoms with van der Waals surface area (Å²) in [5.74, 6) is 0.0668. The minimum atomic E-state index is -0.407. The van der Waals surface area contributed by atoms with Gasteiger partial charge in [0.2, 0.25) is 0 Å². The van der Waals surface area contributed by atoms with E-state index in [1.165, 1.54) is 12.3 Å². The van der Waals surface area contributed by atoms with Crippen LogP contribution in [0.4, 0.5) is 5.82 Å². The lowest BCUT2D eigenvalue weighted by atomic mass is 10.2. The minimum absolute atomic E-state index is 0.0445. The molecule has 4 N–H and O–H groups in total. The Balaban J connectivity index is 1.59. The molecule has 4 aromatic rings. The van der Waals surface area contributed by atoms with Gasteiger partial charge in [0.15, 0.2) is 17.3 Å². The molecule has 2 heterocycles. The van der Waals surface area contributed by atoms with Crippen molar-refractivity contribution in [2.45, 2.75) is 6.54 Å². The first kappa shape index (κ1) is 18.6. The molecule has 29 heavy (non-hydrogen) atoms. The maximum Gasteiger partial charge on any atom is 0.260 e. The van der Waals surface area contributed by atoms with Crippen LogP contribution in [-0.2, 0) is 11.3 Å². The van der Waals surface area contributed by atoms with Crippen LogP contribution < -0.4 is 11.2 Å². The van der Waals surface area contributed by atoms with Crippen LogP contribution in [0.5, 0.6) is 5.75 Å². The number of carbonyl (C=O) groups is 1. The molecule has 0 atom stereocenters. The van der Waals surface area contributed by atoms with Crippen LogP contribution in [0.25, 0.3) is 22.6 Å². The highest BCUT2D eigenvalue weighted by Crippen LogP contribution is 2.26. The Morgan fingerprint density at radius 2 is 2.14 bits per heavy atom. The van der Waals surface area contributed by atoms with Gasteiger partial charge in [0.1, 0.15) is 12.3 Å². The summed E-state index contributed by atoms with van der Waals surface area (Å²) in [5.41, 5.74) is 10.3. The number of rotatable bonds is 5. The highest BCUT2D eigenvalue weighted by Gasteiger charge is 2.20. The van der Waals surface area contributed by atoms with Gasteiger partial charge >= 0.3 is 0 Å². The van der Waals surface area contributed by atoms with Gasteiger partial charge in [-0.25, -0.2) is 15.0 Å². The Labute approximate surface area is 172 Å². The lowest BCUT2D eigenvalue weighted by molar-refractivity contribution is -0.121. The van der Waals surface area contributed by atoms with Gasteiger partial charge in [-0.2, -0.15) is 5.10 Å². The van der Waals surface area contributed by atoms with E-state index in [-0.39, 0.29) is 23.8 Å². The van der Waals surface area contributed by atoms with Gasteiger partial charge < -0.3 is 15.4 Å². The van der Waals surface area contributed by atoms with E-state index in [2.05, 4.69) is 46.4 Å². The fourth-order valence-corrected chi connectivity index (χ4v) is 3.13. The average molecular weight is 456 g/mol. The summed E-state index contributed by atoms with van der Waals surface area (Å²) in [5, 5.41) is 21.1. The molecule has 10 nitrogen and oxygen atoms in total. The molecule has 2 aromatic carbocycles. The third kappa shape index (κ3) is 3.80. The molecular formula is C18H14BrN7O3. The molecule has 0 saturated carbocycles. The molecule has 4 rings (SSSR count). The molecule has 0 aliphatic rings. The van der Waals surface area contributed by atoms with Crippen LogP contribution in [0.2, 0.25) is 0 Å². The van der Waals surface area contributed by atoms with Gasteiger partial charge in [-0.1, -0.05) is 28.1 Å². The topological polar surface area (TPSA) is 144 Å². The summed E-state index contributed by atoms with van der Waals surface area (Å²) in [7, 11) is 0. The van der Waals surface area contributed by atoms with Crippen molar-refractivity contribution in [3.63, 3.8) is 0 Å². The van der Waals surface area contributed by atoms with Crippen molar-refractivity contribution in [3.05, 3.63) is 52.5 Å². The number of fused-ring (bicyclic) bond motifs is 1. The molecule has 1 amide bonds. The van der Waals surface area contributed by atoms with E-state index in [0.717, 1.165) is 4.47 Å². The second-order valence-corrected chi connectivity index (χ2v) is 6.92. The summed E-state index contributed by atoms with van der Waals surface area (Å²) in [4.78, 5) is 16.9. The monoisotopic (exact) mass is 455 g/mol. The lowest BCUT2D eigenvalue weighted by Crippen LogP contribution is -2.23. The minimum Gasteiger partial charge on any atom is -0.507 e. The quantitative estimate of drug-likeness (QED) is 0.309. The first-order valence-corrected chi connectivity index (χ1v) is 9.16. The van der Waals surface area contributed by atoms with Crippen molar-refractivity contribution in [1.29, 1.82) is 0 Å². The SMILES string of the molecule is Nc1nonc1-c1nc2ccccc2n1CC(=O)N/N=C/c1cc(Br)ccc1O. The Morgan fingerprint density at radius 3 is 2.93 bits per heavy atom. The number of nitrogens with two attached hydrogens (primary N) is 1. The molecule has 0 spiro atoms. The number of anilines is 1. The van der Waals surface area contributed by atoms with E-state index in [1.807, 2.05) is 24.3 Å². The fourth-order valence-electron chi connectivity index (χ4n) is 2.75. The van der Waals surface area contributed by atoms with Gasteiger partial charge in [0, 0.05) is 10.0 Å². The van der Waals surface area contributed by atoms with Crippen LogP contribution in [0.1, 0.15) is 5.56 Å². The molecule has 11 heteroatoms. The predicted octanol–water partition coefficient (Wildman–Crippen LogP) is 2.29. The molecule has 0 saturated heterocycles. The Morgan fingerprint density at radius 1 is 1.31 bits per heavy atom. The standard InChI is InChI=1S/C18H14BrN7O3/c19-11-5-6-14(27)10(7-11)8-21-23-15(28)9-26-13-4-2-1-3-12(13)22-18(26)16-17(20)25-29-24-16/h1-8,27H,9H2,(H2,20,25)(H,23,28)/b21-8+. The van der Waals surface area contributed by atoms with Crippen molar-refractivity contribution in [2.24, 2.45) is 5.10 Å². The van der Waals surface area contributed by atoms with Gasteiger partial charge in [-0.3, -0.25) is 4.79 Å². The van der Waals surface area contributed by atoms with E-state index in [4.69, 9.17) is 5.73 Å². The molecule has 0 aliphatic carbocycles. The third-order valence-corrected chi connectivity index (χ3v) is 4.56. The lowest BCUT2D eigenvalue weighted by Gasteiger charge is -2.06. The number of hydrazone groups is 1. The second-order valence-electron chi connectivity index (χ2n) is 6.00. The number of nitrogen functional groups attached to an aromatic ring is 1. The number of para-hydroxylation sites is 2. The molecule has 2 aromatic heterocycles. The maximum absolute atomic E-state index is 12.5. The zero-order chi connectivity index (χ0) is 20.4. The first-order valence-electron chi connectivity index (χ1n) is 8.37. The van der Waals surface area contributed by atoms with E-state index in [0.29, 0.717) is 22.4 Å². The molecule has 146 valence electrons. The summed E-state index contributed by atoms with van der Waals surface area (Å²) in [6.07, 6.45) is 1.35. The Hall–Kier alpha value is -3.73. The number of nitrogens with one attached hydrogen (secondary N) is 1. The van der Waals surface area contributed by atoms with Crippen LogP contribution in [0.3, 0.4) is 0 Å². The number of nitrogens with zero attached hydrogens (tertiary/aromatic N) is 5. The van der Waals surface area contributed by atoms with Crippen molar-refractivity contribution in [1.82, 2.24) is 25.3 Å². The van der Waals surface area contributed by atoms with Gasteiger partial charge in [0.25, 0.3) is 5.91 Å². The number of aromatic nitrogens is 4. The molecule has 0 aliphatic heterocycles. The molecule has 0 bridgehead atoms. The number of hydrogen-bond donors (Lipinski definition) is 3. The highest BCUT2D eigenvalue weighted by molar-refractivity contribution is 9.10. The van der Waals surface area contributed by atoms with E-state index >= 15 is 0 Å². The molecule has 0 unspecified atom stereocenters. The molecule has 0 fully saturated rings. The van der Waals surface area contributed by atoms with E-state index in [1.54, 1.807) is 16.7 Å². The largest absolute Gasteiger partial charge is 0.507 e. The normalized spacial score (nSPS) is 11.3. The van der Waals surface area contributed by atoms with Crippen LogP contribution >= 0.6 is 15.9 Å². The number of benzene rings is 2. The fraction of sp³-hybridized carbons (Fsp3) is 0.0556. The number of phenols is 1. The third-order valence-electron chi connectivity index (χ3n) is 4.06. The van der Waals surface area contributed by atoms with Crippen molar-refractivity contribution in [3.8, 4) is 17.3 Å². The Bertz CT molecular complexity index is 1230. The summed E-state index contributed by atoms with van der Waals surface area (Å²) < 4.78 is 7.08. The predicted molar refractivity (Wildman–Crippen MR) is 109 cm³/mol. The smallest absolute Gasteiger partial charge is 0.260 e. The van der Waals surface area contributed by atoms with E-state index in [9.17, 15) is 9.90 Å². The highest BCUT2D eigenvalue weighted by atomic mass is 79.9. The number of hydrogen-bond acceptors (Lipinski definition) is 8. The zero-order valence-electron chi connectivity index (χ0n) is 14.8. The number of halogens is 1. The number of amides is 1. The van der Waals surface area contributed by atoms with Crippen LogP contribution in [-0.4, -0.2) is 37.1 Å². The van der Waals surface area contributed by atoms with Gasteiger partial charge in [0.05, 0.1) is 17.2 Å². The number of aromatic hydroxyl groups is 1. The van der Waals surface area contributed by atoms with Crippen LogP contribution in [0, 0.1) is 0 Å². The number of carbonyl (C=O) groups excluding carboxylic acids is 1. The second kappa shape index (κ2) is 7.72. The zero-order valence-corrected chi connectivity index (χ0v) is 16.4. The van der Waals surface area contributed by atoms with Crippen molar-refractivity contribution in [2.75, 3.05) is 5.73 Å². The van der Waals surface area contributed by atoms with Gasteiger partial charge in [-0.05, 0) is 40.6 Å². The van der Waals surface area contributed by atoms with Gasteiger partial charge in [-0.15, -0.1) is 0 Å². The maximum atomic E-state index is 12.5. The Kier molecular flexibility index (Phi) is 4.96. The number of phenolic OH excluding ortho intramolecular Hbond substituents is 1. The average Bonchev–Trinajstić information content (AvgIpc) is 3.28. The summed E-state index contributed by atoms with van der Waals surface area (Å²) in [6.45, 7) is -0.0933. The number of imidazole rings is 1. The van der Waals surface area contributed by atoms with E-state index < -0.39 is 5.91 Å². The van der Waals surface area contributed by atoms with Crippen molar-refractivity contribution >= 4 is 44.9 Å². The first-order chi connectivity index (χ1) is 14.0. The molecule has 0 radical (unpaired) electrons.